The van der Waals surface area contributed by atoms with Gasteiger partial charge in [0, 0.05) is 12.3 Å². The second-order valence-electron chi connectivity index (χ2n) is 6.15. The van der Waals surface area contributed by atoms with E-state index in [1.54, 1.807) is 6.07 Å². The Hall–Kier alpha value is -2.13. The van der Waals surface area contributed by atoms with Crippen molar-refractivity contribution >= 4 is 20.0 Å². The average molecular weight is 447 g/mol. The van der Waals surface area contributed by atoms with Gasteiger partial charge in [0.05, 0.1) is 16.0 Å². The van der Waals surface area contributed by atoms with Gasteiger partial charge in [0.2, 0.25) is 21.6 Å². The molecule has 2 aromatic rings. The zero-order valence-electron chi connectivity index (χ0n) is 14.5. The van der Waals surface area contributed by atoms with E-state index in [0.29, 0.717) is 0 Å². The zero-order chi connectivity index (χ0) is 21.4. The van der Waals surface area contributed by atoms with Crippen LogP contribution in [-0.4, -0.2) is 71.7 Å². The Kier molecular flexibility index (Phi) is 5.91. The molecule has 3 rings (SSSR count). The molecule has 1 aromatic carbocycles. The number of aliphatic hydroxyl groups is 3. The first-order valence-corrected chi connectivity index (χ1v) is 11.1. The van der Waals surface area contributed by atoms with Gasteiger partial charge in [-0.1, -0.05) is 18.2 Å². The molecule has 2 heterocycles. The Labute approximate surface area is 165 Å². The van der Waals surface area contributed by atoms with Crippen LogP contribution in [0, 0.1) is 0 Å². The van der Waals surface area contributed by atoms with Crippen molar-refractivity contribution in [2.45, 2.75) is 39.8 Å². The maximum Gasteiger partial charge on any atom is 0.295 e. The topological polar surface area (TPSA) is 181 Å². The number of hydrogen-bond acceptors (Lipinski definition) is 10. The molecule has 0 radical (unpaired) electrons. The first kappa shape index (κ1) is 21.6. The normalized spacial score (nSPS) is 28.1. The lowest BCUT2D eigenvalue weighted by Gasteiger charge is -2.38. The number of benzene rings is 1. The molecule has 1 aromatic heterocycles. The summed E-state index contributed by atoms with van der Waals surface area (Å²) >= 11 is 0. The van der Waals surface area contributed by atoms with Crippen LogP contribution in [0.3, 0.4) is 0 Å². The lowest BCUT2D eigenvalue weighted by molar-refractivity contribution is -0.254. The molecule has 1 aliphatic heterocycles. The molecule has 29 heavy (non-hydrogen) atoms. The summed E-state index contributed by atoms with van der Waals surface area (Å²) in [5.41, 5.74) is -2.28. The molecule has 0 bridgehead atoms. The van der Waals surface area contributed by atoms with Gasteiger partial charge in [-0.3, -0.25) is 9.54 Å². The van der Waals surface area contributed by atoms with Gasteiger partial charge in [0.1, 0.15) is 24.1 Å². The van der Waals surface area contributed by atoms with E-state index in [4.69, 9.17) is 14.0 Å². The highest BCUT2D eigenvalue weighted by atomic mass is 32.2. The molecule has 11 nitrogen and oxygen atoms in total. The molecule has 158 valence electrons. The summed E-state index contributed by atoms with van der Waals surface area (Å²) in [6.07, 6.45) is -5.78. The molecule has 0 aliphatic carbocycles. The molecule has 4 N–H and O–H groups in total. The van der Waals surface area contributed by atoms with E-state index in [-0.39, 0.29) is 15.5 Å². The largest absolute Gasteiger partial charge is 0.460 e. The summed E-state index contributed by atoms with van der Waals surface area (Å²) < 4.78 is 67.2. The molecule has 1 aliphatic rings. The molecule has 0 amide bonds. The predicted molar refractivity (Wildman–Crippen MR) is 95.0 cm³/mol. The lowest BCUT2D eigenvalue weighted by Crippen LogP contribution is -2.61. The third-order valence-electron chi connectivity index (χ3n) is 4.12. The van der Waals surface area contributed by atoms with Crippen LogP contribution in [-0.2, 0) is 24.7 Å². The molecule has 1 fully saturated rings. The predicted octanol–water partition coefficient (Wildman–Crippen LogP) is -1.05. The van der Waals surface area contributed by atoms with Crippen LogP contribution in [0.15, 0.2) is 58.6 Å². The van der Waals surface area contributed by atoms with Crippen LogP contribution in [0.1, 0.15) is 0 Å². The van der Waals surface area contributed by atoms with Gasteiger partial charge in [-0.25, -0.2) is 8.42 Å². The van der Waals surface area contributed by atoms with Crippen molar-refractivity contribution in [2.75, 3.05) is 0 Å². The third-order valence-corrected chi connectivity index (χ3v) is 6.84. The van der Waals surface area contributed by atoms with Gasteiger partial charge in [0.15, 0.2) is 0 Å². The summed E-state index contributed by atoms with van der Waals surface area (Å²) in [4.78, 5) is 3.49. The van der Waals surface area contributed by atoms with E-state index in [2.05, 4.69) is 4.98 Å². The summed E-state index contributed by atoms with van der Waals surface area (Å²) in [5, 5.41) is 29.5. The van der Waals surface area contributed by atoms with E-state index < -0.39 is 50.0 Å². The van der Waals surface area contributed by atoms with E-state index in [9.17, 15) is 32.2 Å². The van der Waals surface area contributed by atoms with Gasteiger partial charge >= 0.3 is 0 Å². The maximum atomic E-state index is 12.7. The number of hydrogen-bond donors (Lipinski definition) is 4. The third kappa shape index (κ3) is 4.40. The minimum absolute atomic E-state index is 0.00196. The van der Waals surface area contributed by atoms with Crippen molar-refractivity contribution in [1.82, 2.24) is 4.98 Å². The van der Waals surface area contributed by atoms with E-state index in [1.807, 2.05) is 0 Å². The second kappa shape index (κ2) is 7.95. The highest BCUT2D eigenvalue weighted by Gasteiger charge is 2.50. The average Bonchev–Trinajstić information content (AvgIpc) is 2.68. The smallest absolute Gasteiger partial charge is 0.295 e. The Morgan fingerprint density at radius 1 is 0.897 bits per heavy atom. The van der Waals surface area contributed by atoms with Crippen LogP contribution >= 0.6 is 0 Å². The van der Waals surface area contributed by atoms with Gasteiger partial charge in [-0.15, -0.1) is 0 Å². The van der Waals surface area contributed by atoms with Crippen LogP contribution < -0.4 is 4.74 Å². The second-order valence-corrected chi connectivity index (χ2v) is 9.59. The van der Waals surface area contributed by atoms with Crippen molar-refractivity contribution in [3.8, 4) is 5.75 Å². The molecule has 0 saturated carbocycles. The SMILES string of the molecule is O=S(=O)(c1ccccc1)c1cncc(O[C@@H]2OC(S(=O)(=O)O)[C@@H](O)[C@H](O)[C@H]2O)c1. The fourth-order valence-electron chi connectivity index (χ4n) is 2.64. The van der Waals surface area contributed by atoms with Crippen molar-refractivity contribution in [3.05, 3.63) is 48.8 Å². The number of pyridine rings is 1. The minimum atomic E-state index is -4.96. The monoisotopic (exact) mass is 447 g/mol. The zero-order valence-corrected chi connectivity index (χ0v) is 16.1. The van der Waals surface area contributed by atoms with Crippen molar-refractivity contribution in [3.63, 3.8) is 0 Å². The quantitative estimate of drug-likeness (QED) is 0.410. The lowest BCUT2D eigenvalue weighted by atomic mass is 10.1. The van der Waals surface area contributed by atoms with Crippen LogP contribution in [0.2, 0.25) is 0 Å². The summed E-state index contributed by atoms with van der Waals surface area (Å²) in [5.74, 6) is -0.233. The van der Waals surface area contributed by atoms with E-state index in [1.165, 1.54) is 24.3 Å². The van der Waals surface area contributed by atoms with Crippen LogP contribution in [0.5, 0.6) is 5.75 Å². The molecule has 0 spiro atoms. The summed E-state index contributed by atoms with van der Waals surface area (Å²) in [6.45, 7) is 0. The molecule has 5 atom stereocenters. The van der Waals surface area contributed by atoms with Crippen molar-refractivity contribution in [2.24, 2.45) is 0 Å². The molecule has 1 saturated heterocycles. The highest BCUT2D eigenvalue weighted by molar-refractivity contribution is 7.91. The number of nitrogens with zero attached hydrogens (tertiary/aromatic N) is 1. The number of aliphatic hydroxyl groups excluding tert-OH is 3. The highest BCUT2D eigenvalue weighted by Crippen LogP contribution is 2.28. The van der Waals surface area contributed by atoms with Crippen LogP contribution in [0.25, 0.3) is 0 Å². The number of sulfone groups is 1. The Morgan fingerprint density at radius 2 is 1.55 bits per heavy atom. The number of rotatable bonds is 5. The van der Waals surface area contributed by atoms with Gasteiger partial charge in [-0.2, -0.15) is 8.42 Å². The van der Waals surface area contributed by atoms with Crippen molar-refractivity contribution < 1.29 is 46.2 Å². The maximum absolute atomic E-state index is 12.7. The Morgan fingerprint density at radius 3 is 2.17 bits per heavy atom. The number of aromatic nitrogens is 1. The van der Waals surface area contributed by atoms with Gasteiger partial charge in [0.25, 0.3) is 10.1 Å². The molecule has 13 heteroatoms. The molecular weight excluding hydrogens is 430 g/mol. The van der Waals surface area contributed by atoms with Gasteiger partial charge < -0.3 is 24.8 Å². The Bertz CT molecular complexity index is 1070. The standard InChI is InChI=1S/C16H17NO10S2/c18-12-13(19)15(27-16(14(12)20)29(23,24)25)26-9-6-11(8-17-7-9)28(21,22)10-4-2-1-3-5-10/h1-8,12-16,18-20H,(H,23,24,25)/t12-,13-,14+,15-,16?/m1/s1. The van der Waals surface area contributed by atoms with Crippen LogP contribution in [0.4, 0.5) is 0 Å². The first-order chi connectivity index (χ1) is 13.5. The first-order valence-electron chi connectivity index (χ1n) is 8.09. The van der Waals surface area contributed by atoms with Crippen molar-refractivity contribution in [1.29, 1.82) is 0 Å². The summed E-state index contributed by atoms with van der Waals surface area (Å²) in [7, 11) is -8.90. The molecule has 1 unspecified atom stereocenters. The number of ether oxygens (including phenoxy) is 2. The fourth-order valence-corrected chi connectivity index (χ4v) is 4.66. The van der Waals surface area contributed by atoms with E-state index >= 15 is 0 Å². The minimum Gasteiger partial charge on any atom is -0.460 e. The van der Waals surface area contributed by atoms with Gasteiger partial charge in [-0.05, 0) is 12.1 Å². The molecular formula is C16H17NO10S2. The van der Waals surface area contributed by atoms with E-state index in [0.717, 1.165) is 18.5 Å². The fraction of sp³-hybridized carbons (Fsp3) is 0.312. The summed E-state index contributed by atoms with van der Waals surface area (Å²) in [6, 6.07) is 8.54. The Balaban J connectivity index is 1.88.